The number of nitrogens with zero attached hydrogens (tertiary/aromatic N) is 2. The van der Waals surface area contributed by atoms with Crippen LogP contribution >= 0.6 is 23.2 Å². The highest BCUT2D eigenvalue weighted by atomic mass is 35.5. The van der Waals surface area contributed by atoms with Crippen molar-refractivity contribution in [3.05, 3.63) is 54.5 Å². The molecule has 0 radical (unpaired) electrons. The maximum Gasteiger partial charge on any atom is 0.162 e. The maximum absolute atomic E-state index is 5.40. The Labute approximate surface area is 179 Å². The van der Waals surface area contributed by atoms with E-state index in [-0.39, 0.29) is 5.34 Å². The predicted octanol–water partition coefficient (Wildman–Crippen LogP) is 5.20. The molecule has 0 aliphatic heterocycles. The van der Waals surface area contributed by atoms with E-state index in [4.69, 9.17) is 32.7 Å². The number of hydrogen-bond acceptors (Lipinski definition) is 5. The third-order valence-corrected chi connectivity index (χ3v) is 4.50. The van der Waals surface area contributed by atoms with E-state index in [1.165, 1.54) is 10.9 Å². The summed E-state index contributed by atoms with van der Waals surface area (Å²) in [6.45, 7) is 0.766. The number of aromatic amines is 1. The van der Waals surface area contributed by atoms with Gasteiger partial charge in [0.2, 0.25) is 0 Å². The van der Waals surface area contributed by atoms with Crippen LogP contribution in [0, 0.1) is 0 Å². The number of hydrogen-bond donors (Lipinski definition) is 2. The Morgan fingerprint density at radius 3 is 2.48 bits per heavy atom. The van der Waals surface area contributed by atoms with Crippen molar-refractivity contribution in [2.75, 3.05) is 31.4 Å². The average Bonchev–Trinajstić information content (AvgIpc) is 3.16. The van der Waals surface area contributed by atoms with Crippen LogP contribution in [0.1, 0.15) is 5.56 Å². The molecule has 0 atom stereocenters. The largest absolute Gasteiger partial charge is 0.493 e. The molecule has 0 aliphatic carbocycles. The number of fused-ring (bicyclic) bond motifs is 2. The summed E-state index contributed by atoms with van der Waals surface area (Å²) >= 11 is 9.53. The third kappa shape index (κ3) is 4.83. The van der Waals surface area contributed by atoms with Crippen LogP contribution in [-0.2, 0) is 6.42 Å². The van der Waals surface area contributed by atoms with Gasteiger partial charge >= 0.3 is 0 Å². The molecule has 2 heterocycles. The number of rotatable bonds is 6. The molecule has 0 amide bonds. The van der Waals surface area contributed by atoms with Gasteiger partial charge in [-0.15, -0.1) is 23.2 Å². The predicted molar refractivity (Wildman–Crippen MR) is 120 cm³/mol. The number of halogens is 2. The molecule has 0 bridgehead atoms. The molecular weight excluding hydrogens is 411 g/mol. The summed E-state index contributed by atoms with van der Waals surface area (Å²) in [5.74, 6) is 2.11. The smallest absolute Gasteiger partial charge is 0.162 e. The van der Waals surface area contributed by atoms with E-state index in [2.05, 4.69) is 44.7 Å². The van der Waals surface area contributed by atoms with Crippen LogP contribution in [0.25, 0.3) is 21.8 Å². The zero-order valence-electron chi connectivity index (χ0n) is 16.2. The quantitative estimate of drug-likeness (QED) is 0.409. The zero-order chi connectivity index (χ0) is 20.6. The molecule has 6 nitrogen and oxygen atoms in total. The monoisotopic (exact) mass is 432 g/mol. The lowest BCUT2D eigenvalue weighted by molar-refractivity contribution is 0.356. The number of aromatic nitrogens is 3. The lowest BCUT2D eigenvalue weighted by Gasteiger charge is -2.12. The van der Waals surface area contributed by atoms with Gasteiger partial charge in [0.1, 0.15) is 12.1 Å². The van der Waals surface area contributed by atoms with Crippen LogP contribution in [0.2, 0.25) is 0 Å². The van der Waals surface area contributed by atoms with Gasteiger partial charge in [0.15, 0.2) is 11.5 Å². The van der Waals surface area contributed by atoms with Crippen LogP contribution in [0.3, 0.4) is 0 Å². The summed E-state index contributed by atoms with van der Waals surface area (Å²) in [7, 11) is 3.24. The molecule has 0 saturated heterocycles. The average molecular weight is 433 g/mol. The molecule has 0 saturated carbocycles. The number of para-hydroxylation sites is 1. The SMILES string of the molecule is COc1cc2ncnc(NCCc3c[nH]c4ccccc34)c2cc1OC.ClCCl. The standard InChI is InChI=1S/C20H20N4O2.CH2Cl2/c1-25-18-9-15-17(10-19(18)26-2)23-12-24-20(15)21-8-7-13-11-22-16-6-4-3-5-14(13)16;2-1-3/h3-6,9-12,22H,7-8H2,1-2H3,(H,21,23,24);1H2. The van der Waals surface area contributed by atoms with E-state index in [0.29, 0.717) is 11.5 Å². The Morgan fingerprint density at radius 1 is 1.00 bits per heavy atom. The van der Waals surface area contributed by atoms with Gasteiger partial charge in [0.05, 0.1) is 25.1 Å². The van der Waals surface area contributed by atoms with Crippen molar-refractivity contribution in [1.29, 1.82) is 0 Å². The van der Waals surface area contributed by atoms with E-state index in [0.717, 1.165) is 35.2 Å². The number of alkyl halides is 2. The Hall–Kier alpha value is -2.70. The van der Waals surface area contributed by atoms with Crippen molar-refractivity contribution in [2.45, 2.75) is 6.42 Å². The van der Waals surface area contributed by atoms with Crippen molar-refractivity contribution in [3.63, 3.8) is 0 Å². The summed E-state index contributed by atoms with van der Waals surface area (Å²) < 4.78 is 10.7. The van der Waals surface area contributed by atoms with Crippen molar-refractivity contribution < 1.29 is 9.47 Å². The lowest BCUT2D eigenvalue weighted by atomic mass is 10.1. The first-order valence-corrected chi connectivity index (χ1v) is 10.1. The molecule has 0 aliphatic rings. The van der Waals surface area contributed by atoms with Gasteiger partial charge in [-0.3, -0.25) is 0 Å². The Balaban J connectivity index is 0.000000755. The molecule has 0 fully saturated rings. The normalized spacial score (nSPS) is 10.5. The van der Waals surface area contributed by atoms with E-state index in [9.17, 15) is 0 Å². The molecule has 0 unspecified atom stereocenters. The van der Waals surface area contributed by atoms with E-state index < -0.39 is 0 Å². The molecule has 4 aromatic rings. The minimum absolute atomic E-state index is 0.194. The molecule has 8 heteroatoms. The van der Waals surface area contributed by atoms with Crippen LogP contribution in [0.15, 0.2) is 48.9 Å². The highest BCUT2D eigenvalue weighted by molar-refractivity contribution is 6.40. The van der Waals surface area contributed by atoms with Gasteiger partial charge in [-0.05, 0) is 24.1 Å². The fraction of sp³-hybridized carbons (Fsp3) is 0.238. The highest BCUT2D eigenvalue weighted by Gasteiger charge is 2.11. The summed E-state index contributed by atoms with van der Waals surface area (Å²) in [6, 6.07) is 12.1. The number of ether oxygens (including phenoxy) is 2. The van der Waals surface area contributed by atoms with Gasteiger partial charge in [0, 0.05) is 35.1 Å². The van der Waals surface area contributed by atoms with E-state index in [1.54, 1.807) is 20.5 Å². The first-order valence-electron chi connectivity index (χ1n) is 8.99. The van der Waals surface area contributed by atoms with Gasteiger partial charge in [-0.2, -0.15) is 0 Å². The van der Waals surface area contributed by atoms with Gasteiger partial charge in [-0.25, -0.2) is 9.97 Å². The number of benzene rings is 2. The van der Waals surface area contributed by atoms with E-state index in [1.807, 2.05) is 18.2 Å². The molecule has 2 N–H and O–H groups in total. The first-order chi connectivity index (χ1) is 14.2. The van der Waals surface area contributed by atoms with Crippen LogP contribution in [-0.4, -0.2) is 41.1 Å². The fourth-order valence-electron chi connectivity index (χ4n) is 3.18. The van der Waals surface area contributed by atoms with Crippen LogP contribution < -0.4 is 14.8 Å². The number of methoxy groups -OCH3 is 2. The molecule has 152 valence electrons. The van der Waals surface area contributed by atoms with Crippen molar-refractivity contribution >= 4 is 50.8 Å². The zero-order valence-corrected chi connectivity index (χ0v) is 17.7. The minimum Gasteiger partial charge on any atom is -0.493 e. The first kappa shape index (κ1) is 21.0. The second-order valence-electron chi connectivity index (χ2n) is 6.08. The van der Waals surface area contributed by atoms with Crippen molar-refractivity contribution in [2.24, 2.45) is 0 Å². The topological polar surface area (TPSA) is 72.1 Å². The molecule has 4 rings (SSSR count). The lowest BCUT2D eigenvalue weighted by Crippen LogP contribution is -2.07. The molecule has 29 heavy (non-hydrogen) atoms. The molecule has 2 aromatic heterocycles. The van der Waals surface area contributed by atoms with Crippen molar-refractivity contribution in [1.82, 2.24) is 15.0 Å². The summed E-state index contributed by atoms with van der Waals surface area (Å²) in [5.41, 5.74) is 3.25. The Morgan fingerprint density at radius 2 is 1.72 bits per heavy atom. The highest BCUT2D eigenvalue weighted by Crippen LogP contribution is 2.33. The van der Waals surface area contributed by atoms with Crippen LogP contribution in [0.5, 0.6) is 11.5 Å². The van der Waals surface area contributed by atoms with Crippen LogP contribution in [0.4, 0.5) is 5.82 Å². The van der Waals surface area contributed by atoms with Gasteiger partial charge in [-0.1, -0.05) is 18.2 Å². The maximum atomic E-state index is 5.40. The second-order valence-corrected chi connectivity index (χ2v) is 6.89. The summed E-state index contributed by atoms with van der Waals surface area (Å²) in [4.78, 5) is 12.0. The Kier molecular flexibility index (Phi) is 7.38. The molecule has 2 aromatic carbocycles. The number of H-pyrrole nitrogens is 1. The summed E-state index contributed by atoms with van der Waals surface area (Å²) in [5, 5.41) is 5.78. The van der Waals surface area contributed by atoms with Crippen molar-refractivity contribution in [3.8, 4) is 11.5 Å². The number of anilines is 1. The van der Waals surface area contributed by atoms with Gasteiger partial charge < -0.3 is 19.8 Å². The van der Waals surface area contributed by atoms with E-state index >= 15 is 0 Å². The summed E-state index contributed by atoms with van der Waals surface area (Å²) in [6.07, 6.45) is 4.52. The second kappa shape index (κ2) is 10.2. The fourth-order valence-corrected chi connectivity index (χ4v) is 3.18. The van der Waals surface area contributed by atoms with Gasteiger partial charge in [0.25, 0.3) is 0 Å². The number of nitrogens with one attached hydrogen (secondary N) is 2. The molecule has 0 spiro atoms. The Bertz CT molecular complexity index is 1080. The molecular formula is C21H22Cl2N4O2. The minimum atomic E-state index is 0.194. The third-order valence-electron chi connectivity index (χ3n) is 4.50.